The first kappa shape index (κ1) is 16.5. The zero-order valence-electron chi connectivity index (χ0n) is 11.0. The number of carbonyl (C=O) groups excluding carboxylic acids is 1. The predicted octanol–water partition coefficient (Wildman–Crippen LogP) is 0.552. The molecule has 0 aliphatic carbocycles. The Bertz CT molecular complexity index is 599. The summed E-state index contributed by atoms with van der Waals surface area (Å²) in [7, 11) is -3.70. The van der Waals surface area contributed by atoms with Crippen molar-refractivity contribution in [2.75, 3.05) is 13.2 Å². The van der Waals surface area contributed by atoms with Crippen molar-refractivity contribution in [3.05, 3.63) is 29.8 Å². The molecule has 0 aliphatic heterocycles. The first-order chi connectivity index (χ1) is 9.36. The molecule has 0 aliphatic rings. The van der Waals surface area contributed by atoms with Gasteiger partial charge in [0, 0.05) is 12.1 Å². The third kappa shape index (κ3) is 4.87. The summed E-state index contributed by atoms with van der Waals surface area (Å²) < 4.78 is 31.0. The number of nitrogens with two attached hydrogens (primary N) is 1. The quantitative estimate of drug-likeness (QED) is 0.563. The Labute approximate surface area is 123 Å². The maximum atomic E-state index is 12.0. The van der Waals surface area contributed by atoms with Gasteiger partial charge in [-0.05, 0) is 19.1 Å². The van der Waals surface area contributed by atoms with Crippen LogP contribution < -0.4 is 10.5 Å². The molecule has 8 heteroatoms. The van der Waals surface area contributed by atoms with Crippen molar-refractivity contribution in [1.82, 2.24) is 4.72 Å². The highest BCUT2D eigenvalue weighted by atomic mass is 32.2. The average molecular weight is 316 g/mol. The van der Waals surface area contributed by atoms with Gasteiger partial charge < -0.3 is 10.5 Å². The Morgan fingerprint density at radius 3 is 2.75 bits per heavy atom. The number of sulfonamides is 1. The molecule has 0 amide bonds. The maximum Gasteiger partial charge on any atom is 0.307 e. The molecule has 0 radical (unpaired) electrons. The fourth-order valence-corrected chi connectivity index (χ4v) is 2.62. The largest absolute Gasteiger partial charge is 0.466 e. The number of benzene rings is 1. The summed E-state index contributed by atoms with van der Waals surface area (Å²) in [5.74, 6) is -0.452. The third-order valence-electron chi connectivity index (χ3n) is 2.36. The number of rotatable bonds is 7. The van der Waals surface area contributed by atoms with Gasteiger partial charge >= 0.3 is 5.97 Å². The van der Waals surface area contributed by atoms with Crippen LogP contribution in [0.15, 0.2) is 29.2 Å². The molecule has 0 saturated heterocycles. The molecule has 0 saturated carbocycles. The van der Waals surface area contributed by atoms with Crippen LogP contribution in [0, 0.1) is 0 Å². The number of ether oxygens (including phenoxy) is 1. The number of nitrogens with one attached hydrogen (secondary N) is 1. The SMILES string of the molecule is CCOC(=O)CCNS(=O)(=O)c1cccc(C(N)=S)c1. The topological polar surface area (TPSA) is 98.5 Å². The smallest absolute Gasteiger partial charge is 0.307 e. The van der Waals surface area contributed by atoms with Crippen LogP contribution in [0.5, 0.6) is 0 Å². The van der Waals surface area contributed by atoms with Crippen LogP contribution in [0.4, 0.5) is 0 Å². The molecule has 20 heavy (non-hydrogen) atoms. The first-order valence-electron chi connectivity index (χ1n) is 5.92. The lowest BCUT2D eigenvalue weighted by Gasteiger charge is -2.07. The highest BCUT2D eigenvalue weighted by Gasteiger charge is 2.15. The molecular formula is C12H16N2O4S2. The highest BCUT2D eigenvalue weighted by molar-refractivity contribution is 7.89. The van der Waals surface area contributed by atoms with Crippen LogP contribution in [0.2, 0.25) is 0 Å². The summed E-state index contributed by atoms with van der Waals surface area (Å²) in [4.78, 5) is 11.3. The number of hydrogen-bond donors (Lipinski definition) is 2. The summed E-state index contributed by atoms with van der Waals surface area (Å²) in [5.41, 5.74) is 5.92. The second-order valence-electron chi connectivity index (χ2n) is 3.84. The average Bonchev–Trinajstić information content (AvgIpc) is 2.39. The number of thiocarbonyl (C=S) groups is 1. The fraction of sp³-hybridized carbons (Fsp3) is 0.333. The second-order valence-corrected chi connectivity index (χ2v) is 6.05. The van der Waals surface area contributed by atoms with Crippen LogP contribution in [0.3, 0.4) is 0 Å². The van der Waals surface area contributed by atoms with Crippen molar-refractivity contribution in [2.24, 2.45) is 5.73 Å². The van der Waals surface area contributed by atoms with Crippen LogP contribution in [-0.2, 0) is 19.6 Å². The second kappa shape index (κ2) is 7.32. The summed E-state index contributed by atoms with van der Waals surface area (Å²) in [6.07, 6.45) is -0.0257. The van der Waals surface area contributed by atoms with Gasteiger partial charge in [0.05, 0.1) is 17.9 Å². The van der Waals surface area contributed by atoms with E-state index < -0.39 is 16.0 Å². The predicted molar refractivity (Wildman–Crippen MR) is 78.8 cm³/mol. The third-order valence-corrected chi connectivity index (χ3v) is 4.05. The Morgan fingerprint density at radius 2 is 2.15 bits per heavy atom. The molecule has 0 aromatic heterocycles. The molecule has 0 unspecified atom stereocenters. The van der Waals surface area contributed by atoms with Gasteiger partial charge in [0.25, 0.3) is 0 Å². The van der Waals surface area contributed by atoms with E-state index in [1.165, 1.54) is 12.1 Å². The molecule has 1 rings (SSSR count). The first-order valence-corrected chi connectivity index (χ1v) is 7.81. The summed E-state index contributed by atoms with van der Waals surface area (Å²) in [6.45, 7) is 1.92. The highest BCUT2D eigenvalue weighted by Crippen LogP contribution is 2.11. The van der Waals surface area contributed by atoms with E-state index in [-0.39, 0.29) is 29.5 Å². The number of carbonyl (C=O) groups is 1. The van der Waals surface area contributed by atoms with Gasteiger partial charge in [-0.25, -0.2) is 13.1 Å². The van der Waals surface area contributed by atoms with Crippen molar-refractivity contribution < 1.29 is 17.9 Å². The van der Waals surface area contributed by atoms with E-state index in [0.29, 0.717) is 5.56 Å². The molecule has 0 bridgehead atoms. The Balaban J connectivity index is 2.72. The zero-order chi connectivity index (χ0) is 15.2. The Kier molecular flexibility index (Phi) is 6.05. The molecule has 6 nitrogen and oxygen atoms in total. The lowest BCUT2D eigenvalue weighted by Crippen LogP contribution is -2.27. The van der Waals surface area contributed by atoms with Gasteiger partial charge in [0.1, 0.15) is 4.99 Å². The molecule has 0 heterocycles. The zero-order valence-corrected chi connectivity index (χ0v) is 12.6. The summed E-state index contributed by atoms with van der Waals surface area (Å²) >= 11 is 4.80. The monoisotopic (exact) mass is 316 g/mol. The molecule has 1 aromatic carbocycles. The Hall–Kier alpha value is -1.51. The summed E-state index contributed by atoms with van der Waals surface area (Å²) in [5, 5.41) is 0. The van der Waals surface area contributed by atoms with Crippen LogP contribution in [-0.4, -0.2) is 32.5 Å². The van der Waals surface area contributed by atoms with Gasteiger partial charge in [-0.2, -0.15) is 0 Å². The molecule has 0 atom stereocenters. The maximum absolute atomic E-state index is 12.0. The van der Waals surface area contributed by atoms with E-state index in [4.69, 9.17) is 22.7 Å². The van der Waals surface area contributed by atoms with Gasteiger partial charge in [0.15, 0.2) is 0 Å². The van der Waals surface area contributed by atoms with Crippen molar-refractivity contribution in [3.8, 4) is 0 Å². The van der Waals surface area contributed by atoms with Gasteiger partial charge in [0.2, 0.25) is 10.0 Å². The fourth-order valence-electron chi connectivity index (χ4n) is 1.42. The lowest BCUT2D eigenvalue weighted by atomic mass is 10.2. The van der Waals surface area contributed by atoms with Crippen LogP contribution in [0.1, 0.15) is 18.9 Å². The Morgan fingerprint density at radius 1 is 1.45 bits per heavy atom. The minimum absolute atomic E-state index is 0.0257. The summed E-state index contributed by atoms with van der Waals surface area (Å²) in [6, 6.07) is 5.98. The molecule has 110 valence electrons. The standard InChI is InChI=1S/C12H16N2O4S2/c1-2-18-11(15)6-7-14-20(16,17)10-5-3-4-9(8-10)12(13)19/h3-5,8,14H,2,6-7H2,1H3,(H2,13,19). The molecule has 0 fully saturated rings. The van der Waals surface area contributed by atoms with Gasteiger partial charge in [-0.3, -0.25) is 4.79 Å². The number of hydrogen-bond acceptors (Lipinski definition) is 5. The van der Waals surface area contributed by atoms with Crippen molar-refractivity contribution >= 4 is 33.2 Å². The van der Waals surface area contributed by atoms with E-state index in [9.17, 15) is 13.2 Å². The van der Waals surface area contributed by atoms with E-state index in [2.05, 4.69) is 4.72 Å². The minimum atomic E-state index is -3.70. The van der Waals surface area contributed by atoms with E-state index in [0.717, 1.165) is 0 Å². The van der Waals surface area contributed by atoms with Crippen LogP contribution in [0.25, 0.3) is 0 Å². The molecular weight excluding hydrogens is 300 g/mol. The van der Waals surface area contributed by atoms with E-state index in [1.54, 1.807) is 19.1 Å². The van der Waals surface area contributed by atoms with E-state index >= 15 is 0 Å². The van der Waals surface area contributed by atoms with Crippen LogP contribution >= 0.6 is 12.2 Å². The minimum Gasteiger partial charge on any atom is -0.466 e. The van der Waals surface area contributed by atoms with Crippen molar-refractivity contribution in [3.63, 3.8) is 0 Å². The van der Waals surface area contributed by atoms with Gasteiger partial charge in [-0.1, -0.05) is 24.4 Å². The van der Waals surface area contributed by atoms with Gasteiger partial charge in [-0.15, -0.1) is 0 Å². The van der Waals surface area contributed by atoms with Crippen molar-refractivity contribution in [2.45, 2.75) is 18.2 Å². The lowest BCUT2D eigenvalue weighted by molar-refractivity contribution is -0.142. The number of esters is 1. The molecule has 0 spiro atoms. The normalized spacial score (nSPS) is 11.1. The van der Waals surface area contributed by atoms with E-state index in [1.807, 2.05) is 0 Å². The molecule has 1 aromatic rings. The van der Waals surface area contributed by atoms with Crippen molar-refractivity contribution in [1.29, 1.82) is 0 Å². The molecule has 3 N–H and O–H groups in total.